The molecule has 6 nitrogen and oxygen atoms in total. The van der Waals surface area contributed by atoms with Crippen LogP contribution < -0.4 is 16.6 Å². The lowest BCUT2D eigenvalue weighted by Crippen LogP contribution is -2.60. The summed E-state index contributed by atoms with van der Waals surface area (Å²) >= 11 is 3.34. The maximum Gasteiger partial charge on any atom is 0.283 e. The molecule has 112 valence electrons. The molecule has 0 aromatic carbocycles. The van der Waals surface area contributed by atoms with Gasteiger partial charge in [-0.05, 0) is 43.1 Å². The van der Waals surface area contributed by atoms with E-state index in [1.54, 1.807) is 6.20 Å². The summed E-state index contributed by atoms with van der Waals surface area (Å²) in [5.41, 5.74) is 6.51. The molecule has 1 aliphatic carbocycles. The SMILES string of the molecule is CCOC1CC(N)C1Nc1cnn(C(C)C)c(=O)c1Br. The van der Waals surface area contributed by atoms with Gasteiger partial charge in [-0.15, -0.1) is 0 Å². The number of aromatic nitrogens is 2. The summed E-state index contributed by atoms with van der Waals surface area (Å²) in [7, 11) is 0. The molecule has 1 aromatic rings. The predicted octanol–water partition coefficient (Wildman–Crippen LogP) is 1.50. The van der Waals surface area contributed by atoms with E-state index in [2.05, 4.69) is 26.3 Å². The van der Waals surface area contributed by atoms with Crippen molar-refractivity contribution in [2.75, 3.05) is 11.9 Å². The molecule has 1 saturated carbocycles. The van der Waals surface area contributed by atoms with E-state index in [1.807, 2.05) is 20.8 Å². The number of nitrogens with one attached hydrogen (secondary N) is 1. The highest BCUT2D eigenvalue weighted by molar-refractivity contribution is 9.10. The van der Waals surface area contributed by atoms with E-state index in [0.717, 1.165) is 6.42 Å². The van der Waals surface area contributed by atoms with Crippen LogP contribution in [0.25, 0.3) is 0 Å². The zero-order valence-corrected chi connectivity index (χ0v) is 13.6. The molecule has 0 aliphatic heterocycles. The zero-order chi connectivity index (χ0) is 14.9. The maximum absolute atomic E-state index is 12.2. The molecule has 0 radical (unpaired) electrons. The van der Waals surface area contributed by atoms with E-state index in [9.17, 15) is 4.79 Å². The quantitative estimate of drug-likeness (QED) is 0.845. The van der Waals surface area contributed by atoms with Crippen LogP contribution in [0.2, 0.25) is 0 Å². The van der Waals surface area contributed by atoms with Crippen LogP contribution in [-0.2, 0) is 4.74 Å². The highest BCUT2D eigenvalue weighted by Gasteiger charge is 2.39. The molecule has 20 heavy (non-hydrogen) atoms. The van der Waals surface area contributed by atoms with Crippen molar-refractivity contribution in [2.45, 2.75) is 51.4 Å². The van der Waals surface area contributed by atoms with Crippen LogP contribution in [0.3, 0.4) is 0 Å². The topological polar surface area (TPSA) is 82.2 Å². The summed E-state index contributed by atoms with van der Waals surface area (Å²) in [6.07, 6.45) is 2.58. The number of hydrogen-bond donors (Lipinski definition) is 2. The smallest absolute Gasteiger partial charge is 0.283 e. The lowest BCUT2D eigenvalue weighted by Gasteiger charge is -2.43. The lowest BCUT2D eigenvalue weighted by atomic mass is 9.83. The van der Waals surface area contributed by atoms with E-state index in [4.69, 9.17) is 10.5 Å². The first-order valence-corrected chi connectivity index (χ1v) is 7.66. The van der Waals surface area contributed by atoms with Gasteiger partial charge >= 0.3 is 0 Å². The van der Waals surface area contributed by atoms with Gasteiger partial charge in [-0.1, -0.05) is 0 Å². The minimum Gasteiger partial charge on any atom is -0.376 e. The molecule has 1 heterocycles. The standard InChI is InChI=1S/C13H21BrN4O2/c1-4-20-10-5-8(15)12(10)17-9-6-16-18(7(2)3)13(19)11(9)14/h6-8,10,12,17H,4-5,15H2,1-3H3. The van der Waals surface area contributed by atoms with Crippen LogP contribution in [0.1, 0.15) is 33.2 Å². The van der Waals surface area contributed by atoms with Gasteiger partial charge in [-0.25, -0.2) is 4.68 Å². The molecule has 0 amide bonds. The first-order chi connectivity index (χ1) is 9.45. The van der Waals surface area contributed by atoms with Crippen molar-refractivity contribution in [1.82, 2.24) is 9.78 Å². The molecule has 1 aliphatic rings. The van der Waals surface area contributed by atoms with Gasteiger partial charge in [0, 0.05) is 12.6 Å². The van der Waals surface area contributed by atoms with Crippen molar-refractivity contribution in [1.29, 1.82) is 0 Å². The van der Waals surface area contributed by atoms with E-state index in [1.165, 1.54) is 4.68 Å². The van der Waals surface area contributed by atoms with Crippen molar-refractivity contribution in [3.05, 3.63) is 21.0 Å². The van der Waals surface area contributed by atoms with Crippen LogP contribution in [0.4, 0.5) is 5.69 Å². The van der Waals surface area contributed by atoms with Crippen molar-refractivity contribution in [3.8, 4) is 0 Å². The van der Waals surface area contributed by atoms with Gasteiger partial charge < -0.3 is 15.8 Å². The number of halogens is 1. The summed E-state index contributed by atoms with van der Waals surface area (Å²) in [4.78, 5) is 12.2. The Kier molecular flexibility index (Phi) is 4.82. The van der Waals surface area contributed by atoms with E-state index >= 15 is 0 Å². The fraction of sp³-hybridized carbons (Fsp3) is 0.692. The Labute approximate surface area is 126 Å². The minimum absolute atomic E-state index is 0.0161. The molecule has 7 heteroatoms. The Hall–Kier alpha value is -0.920. The second kappa shape index (κ2) is 6.24. The number of rotatable bonds is 5. The molecule has 0 bridgehead atoms. The maximum atomic E-state index is 12.2. The molecule has 3 atom stereocenters. The molecule has 1 fully saturated rings. The average Bonchev–Trinajstić information content (AvgIpc) is 2.39. The largest absolute Gasteiger partial charge is 0.376 e. The summed E-state index contributed by atoms with van der Waals surface area (Å²) in [5.74, 6) is 0. The second-order valence-electron chi connectivity index (χ2n) is 5.28. The Morgan fingerprint density at radius 3 is 2.90 bits per heavy atom. The van der Waals surface area contributed by atoms with E-state index in [0.29, 0.717) is 16.8 Å². The number of hydrogen-bond acceptors (Lipinski definition) is 5. The molecule has 1 aromatic heterocycles. The molecule has 2 rings (SSSR count). The molecule has 3 N–H and O–H groups in total. The molecule has 0 saturated heterocycles. The number of anilines is 1. The van der Waals surface area contributed by atoms with Gasteiger partial charge in [0.15, 0.2) is 0 Å². The predicted molar refractivity (Wildman–Crippen MR) is 82.0 cm³/mol. The van der Waals surface area contributed by atoms with Crippen molar-refractivity contribution >= 4 is 21.6 Å². The minimum atomic E-state index is -0.147. The third-order valence-electron chi connectivity index (χ3n) is 3.50. The Bertz CT molecular complexity index is 530. The second-order valence-corrected chi connectivity index (χ2v) is 6.07. The first kappa shape index (κ1) is 15.5. The monoisotopic (exact) mass is 344 g/mol. The Morgan fingerprint density at radius 2 is 2.35 bits per heavy atom. The van der Waals surface area contributed by atoms with Crippen LogP contribution >= 0.6 is 15.9 Å². The van der Waals surface area contributed by atoms with Gasteiger partial charge in [0.05, 0.1) is 30.1 Å². The van der Waals surface area contributed by atoms with Gasteiger partial charge in [0.25, 0.3) is 5.56 Å². The van der Waals surface area contributed by atoms with Crippen LogP contribution in [-0.4, -0.2) is 34.6 Å². The van der Waals surface area contributed by atoms with Crippen molar-refractivity contribution in [2.24, 2.45) is 5.73 Å². The highest BCUT2D eigenvalue weighted by atomic mass is 79.9. The molecule has 3 unspecified atom stereocenters. The van der Waals surface area contributed by atoms with Crippen LogP contribution in [0.5, 0.6) is 0 Å². The molecular weight excluding hydrogens is 324 g/mol. The van der Waals surface area contributed by atoms with Crippen molar-refractivity contribution in [3.63, 3.8) is 0 Å². The summed E-state index contributed by atoms with van der Waals surface area (Å²) < 4.78 is 7.53. The highest BCUT2D eigenvalue weighted by Crippen LogP contribution is 2.28. The summed E-state index contributed by atoms with van der Waals surface area (Å²) in [6.45, 7) is 6.45. The van der Waals surface area contributed by atoms with Gasteiger partial charge in [-0.3, -0.25) is 4.79 Å². The number of nitrogens with zero attached hydrogens (tertiary/aromatic N) is 2. The van der Waals surface area contributed by atoms with Crippen LogP contribution in [0.15, 0.2) is 15.5 Å². The van der Waals surface area contributed by atoms with Crippen molar-refractivity contribution < 1.29 is 4.74 Å². The summed E-state index contributed by atoms with van der Waals surface area (Å²) in [6, 6.07) is 0.0725. The third kappa shape index (κ3) is 2.89. The van der Waals surface area contributed by atoms with Gasteiger partial charge in [0.1, 0.15) is 4.47 Å². The number of nitrogens with two attached hydrogens (primary N) is 1. The molecule has 0 spiro atoms. The summed E-state index contributed by atoms with van der Waals surface area (Å²) in [5, 5.41) is 7.44. The Morgan fingerprint density at radius 1 is 1.65 bits per heavy atom. The Balaban J connectivity index is 2.18. The normalized spacial score (nSPS) is 25.6. The third-order valence-corrected chi connectivity index (χ3v) is 4.27. The molecular formula is C13H21BrN4O2. The fourth-order valence-electron chi connectivity index (χ4n) is 2.32. The lowest BCUT2D eigenvalue weighted by molar-refractivity contribution is -0.0126. The van der Waals surface area contributed by atoms with E-state index in [-0.39, 0.29) is 29.8 Å². The fourth-order valence-corrected chi connectivity index (χ4v) is 2.72. The first-order valence-electron chi connectivity index (χ1n) is 6.86. The number of ether oxygens (including phenoxy) is 1. The zero-order valence-electron chi connectivity index (χ0n) is 12.0. The van der Waals surface area contributed by atoms with E-state index < -0.39 is 0 Å². The van der Waals surface area contributed by atoms with Gasteiger partial charge in [-0.2, -0.15) is 5.10 Å². The van der Waals surface area contributed by atoms with Crippen LogP contribution in [0, 0.1) is 0 Å². The van der Waals surface area contributed by atoms with Gasteiger partial charge in [0.2, 0.25) is 0 Å². The average molecular weight is 345 g/mol.